The van der Waals surface area contributed by atoms with Gasteiger partial charge in [-0.15, -0.1) is 0 Å². The molecule has 0 bridgehead atoms. The number of rotatable bonds is 4. The summed E-state index contributed by atoms with van der Waals surface area (Å²) in [5.74, 6) is -0.231. The van der Waals surface area contributed by atoms with E-state index < -0.39 is 5.97 Å². The Morgan fingerprint density at radius 2 is 1.67 bits per heavy atom. The number of pyridine rings is 1. The number of nitrogens with zero attached hydrogens (tertiary/aromatic N) is 1. The highest BCUT2D eigenvalue weighted by Gasteiger charge is 2.13. The highest BCUT2D eigenvalue weighted by atomic mass is 35.5. The first-order chi connectivity index (χ1) is 13.1. The molecule has 0 saturated carbocycles. The third-order valence-corrected chi connectivity index (χ3v) is 3.70. The van der Waals surface area contributed by atoms with Crippen LogP contribution in [0.25, 0.3) is 22.2 Å². The van der Waals surface area contributed by atoms with Crippen LogP contribution in [0.5, 0.6) is 5.75 Å². The molecule has 5 heteroatoms. The Hall–Kier alpha value is -2.59. The van der Waals surface area contributed by atoms with Gasteiger partial charge in [-0.25, -0.2) is 9.78 Å². The van der Waals surface area contributed by atoms with Crippen LogP contribution in [-0.4, -0.2) is 22.7 Å². The van der Waals surface area contributed by atoms with Crippen LogP contribution in [0.3, 0.4) is 0 Å². The normalized spacial score (nSPS) is 9.56. The van der Waals surface area contributed by atoms with E-state index in [2.05, 4.69) is 4.98 Å². The number of aromatic nitrogens is 1. The zero-order chi connectivity index (χ0) is 20.4. The molecule has 0 aliphatic rings. The van der Waals surface area contributed by atoms with E-state index in [0.717, 1.165) is 11.3 Å². The largest absolute Gasteiger partial charge is 0.494 e. The Bertz CT molecular complexity index is 877. The van der Waals surface area contributed by atoms with Gasteiger partial charge in [0.2, 0.25) is 0 Å². The van der Waals surface area contributed by atoms with Crippen LogP contribution in [0.4, 0.5) is 0 Å². The number of carboxylic acid groups (broad SMARTS) is 1. The van der Waals surface area contributed by atoms with Crippen LogP contribution in [0.1, 0.15) is 45.0 Å². The van der Waals surface area contributed by atoms with Gasteiger partial charge < -0.3 is 9.84 Å². The van der Waals surface area contributed by atoms with Gasteiger partial charge in [0.15, 0.2) is 0 Å². The number of halogens is 1. The lowest BCUT2D eigenvalue weighted by Gasteiger charge is -2.08. The summed E-state index contributed by atoms with van der Waals surface area (Å²) in [5, 5.41) is 10.5. The Kier molecular flexibility index (Phi) is 9.31. The quantitative estimate of drug-likeness (QED) is 0.540. The molecule has 0 amide bonds. The summed E-state index contributed by atoms with van der Waals surface area (Å²) in [6.45, 7) is 10.5. The molecule has 0 spiro atoms. The second kappa shape index (κ2) is 11.2. The van der Waals surface area contributed by atoms with Gasteiger partial charge in [-0.05, 0) is 49.4 Å². The SMILES string of the molecule is CC.CC.CCOc1ccc(-c2cc(C(=O)O)c3ccc(Cl)cc3n2)cc1. The predicted molar refractivity (Wildman–Crippen MR) is 113 cm³/mol. The van der Waals surface area contributed by atoms with Crippen LogP contribution in [0.2, 0.25) is 5.02 Å². The molecule has 144 valence electrons. The topological polar surface area (TPSA) is 59.4 Å². The number of hydrogen-bond acceptors (Lipinski definition) is 3. The molecular formula is C22H26ClNO3. The number of carboxylic acids is 1. The van der Waals surface area contributed by atoms with E-state index in [1.165, 1.54) is 0 Å². The summed E-state index contributed by atoms with van der Waals surface area (Å²) in [5.41, 5.74) is 2.16. The van der Waals surface area contributed by atoms with Crippen LogP contribution in [0, 0.1) is 0 Å². The monoisotopic (exact) mass is 387 g/mol. The standard InChI is InChI=1S/C18H14ClNO3.2C2H6/c1-2-23-13-6-3-11(4-7-13)16-10-15(18(21)22)14-8-5-12(19)9-17(14)20-16;2*1-2/h3-10H,2H2,1H3,(H,21,22);2*1-2H3. The van der Waals surface area contributed by atoms with Crippen LogP contribution < -0.4 is 4.74 Å². The van der Waals surface area contributed by atoms with Gasteiger partial charge in [0.1, 0.15) is 5.75 Å². The maximum absolute atomic E-state index is 11.5. The van der Waals surface area contributed by atoms with Crippen LogP contribution >= 0.6 is 11.6 Å². The fourth-order valence-corrected chi connectivity index (χ4v) is 2.58. The summed E-state index contributed by atoms with van der Waals surface area (Å²) < 4.78 is 5.41. The zero-order valence-electron chi connectivity index (χ0n) is 16.4. The molecule has 3 rings (SSSR count). The van der Waals surface area contributed by atoms with Gasteiger partial charge in [-0.2, -0.15) is 0 Å². The highest BCUT2D eigenvalue weighted by Crippen LogP contribution is 2.28. The highest BCUT2D eigenvalue weighted by molar-refractivity contribution is 6.31. The predicted octanol–water partition coefficient (Wildman–Crippen LogP) is 6.70. The van der Waals surface area contributed by atoms with Crippen molar-refractivity contribution in [3.8, 4) is 17.0 Å². The average molecular weight is 388 g/mol. The van der Waals surface area contributed by atoms with Crippen molar-refractivity contribution in [3.63, 3.8) is 0 Å². The molecule has 0 fully saturated rings. The van der Waals surface area contributed by atoms with Crippen molar-refractivity contribution in [2.24, 2.45) is 0 Å². The number of benzene rings is 2. The number of aromatic carboxylic acids is 1. The minimum atomic E-state index is -0.994. The van der Waals surface area contributed by atoms with Crippen molar-refractivity contribution in [3.05, 3.63) is 59.1 Å². The lowest BCUT2D eigenvalue weighted by Crippen LogP contribution is -2.00. The molecule has 2 aromatic carbocycles. The Balaban J connectivity index is 0.000000855. The molecular weight excluding hydrogens is 362 g/mol. The molecule has 0 unspecified atom stereocenters. The molecule has 1 heterocycles. The second-order valence-corrected chi connectivity index (χ2v) is 5.42. The molecule has 0 atom stereocenters. The lowest BCUT2D eigenvalue weighted by molar-refractivity contribution is 0.0699. The van der Waals surface area contributed by atoms with Crippen molar-refractivity contribution in [1.29, 1.82) is 0 Å². The molecule has 4 nitrogen and oxygen atoms in total. The van der Waals surface area contributed by atoms with Gasteiger partial charge in [0, 0.05) is 16.0 Å². The Labute approximate surface area is 165 Å². The van der Waals surface area contributed by atoms with Crippen LogP contribution in [0.15, 0.2) is 48.5 Å². The molecule has 27 heavy (non-hydrogen) atoms. The van der Waals surface area contributed by atoms with Gasteiger partial charge >= 0.3 is 5.97 Å². The number of hydrogen-bond donors (Lipinski definition) is 1. The molecule has 0 radical (unpaired) electrons. The van der Waals surface area contributed by atoms with E-state index in [-0.39, 0.29) is 5.56 Å². The number of fused-ring (bicyclic) bond motifs is 1. The van der Waals surface area contributed by atoms with E-state index in [4.69, 9.17) is 16.3 Å². The van der Waals surface area contributed by atoms with E-state index in [9.17, 15) is 9.90 Å². The third-order valence-electron chi connectivity index (χ3n) is 3.46. The van der Waals surface area contributed by atoms with Gasteiger partial charge in [-0.3, -0.25) is 0 Å². The Morgan fingerprint density at radius 3 is 2.22 bits per heavy atom. The zero-order valence-corrected chi connectivity index (χ0v) is 17.2. The van der Waals surface area contributed by atoms with E-state index in [0.29, 0.717) is 28.2 Å². The van der Waals surface area contributed by atoms with Crippen molar-refractivity contribution in [2.45, 2.75) is 34.6 Å². The summed E-state index contributed by atoms with van der Waals surface area (Å²) in [6.07, 6.45) is 0. The van der Waals surface area contributed by atoms with Gasteiger partial charge in [0.25, 0.3) is 0 Å². The van der Waals surface area contributed by atoms with Gasteiger partial charge in [0.05, 0.1) is 23.4 Å². The Morgan fingerprint density at radius 1 is 1.04 bits per heavy atom. The number of ether oxygens (including phenoxy) is 1. The number of carbonyl (C=O) groups is 1. The van der Waals surface area contributed by atoms with E-state index >= 15 is 0 Å². The maximum atomic E-state index is 11.5. The summed E-state index contributed by atoms with van der Waals surface area (Å²) >= 11 is 6.00. The minimum Gasteiger partial charge on any atom is -0.494 e. The van der Waals surface area contributed by atoms with Crippen LogP contribution in [-0.2, 0) is 0 Å². The summed E-state index contributed by atoms with van der Waals surface area (Å²) in [7, 11) is 0. The lowest BCUT2D eigenvalue weighted by atomic mass is 10.0. The molecule has 0 saturated heterocycles. The molecule has 1 N–H and O–H groups in total. The second-order valence-electron chi connectivity index (χ2n) is 4.98. The smallest absolute Gasteiger partial charge is 0.336 e. The van der Waals surface area contributed by atoms with E-state index in [1.54, 1.807) is 24.3 Å². The van der Waals surface area contributed by atoms with E-state index in [1.807, 2.05) is 58.9 Å². The van der Waals surface area contributed by atoms with Crippen molar-refractivity contribution in [1.82, 2.24) is 4.98 Å². The summed E-state index contributed by atoms with van der Waals surface area (Å²) in [4.78, 5) is 16.1. The van der Waals surface area contributed by atoms with Crippen molar-refractivity contribution >= 4 is 28.5 Å². The first-order valence-corrected chi connectivity index (χ1v) is 9.53. The minimum absolute atomic E-state index is 0.204. The molecule has 0 aliphatic heterocycles. The molecule has 1 aromatic heterocycles. The summed E-state index contributed by atoms with van der Waals surface area (Å²) in [6, 6.07) is 14.0. The average Bonchev–Trinajstić information content (AvgIpc) is 2.70. The first kappa shape index (κ1) is 22.5. The first-order valence-electron chi connectivity index (χ1n) is 9.15. The third kappa shape index (κ3) is 5.69. The maximum Gasteiger partial charge on any atom is 0.336 e. The molecule has 0 aliphatic carbocycles. The fraction of sp³-hybridized carbons (Fsp3) is 0.273. The van der Waals surface area contributed by atoms with Gasteiger partial charge in [-0.1, -0.05) is 45.4 Å². The van der Waals surface area contributed by atoms with Crippen molar-refractivity contribution in [2.75, 3.05) is 6.61 Å². The fourth-order valence-electron chi connectivity index (χ4n) is 2.41. The van der Waals surface area contributed by atoms with Crippen molar-refractivity contribution < 1.29 is 14.6 Å². The molecule has 3 aromatic rings.